The lowest BCUT2D eigenvalue weighted by Gasteiger charge is -2.33. The smallest absolute Gasteiger partial charge is 0.264 e. The van der Waals surface area contributed by atoms with Crippen LogP contribution in [0.4, 0.5) is 0 Å². The first-order valence-electron chi connectivity index (χ1n) is 9.48. The predicted molar refractivity (Wildman–Crippen MR) is 102 cm³/mol. The van der Waals surface area contributed by atoms with Crippen molar-refractivity contribution in [3.8, 4) is 0 Å². The highest BCUT2D eigenvalue weighted by Crippen LogP contribution is 2.21. The molecule has 0 rings (SSSR count). The van der Waals surface area contributed by atoms with Crippen molar-refractivity contribution in [3.63, 3.8) is 0 Å². The fourth-order valence-electron chi connectivity index (χ4n) is 2.44. The van der Waals surface area contributed by atoms with Crippen molar-refractivity contribution in [2.24, 2.45) is 5.41 Å². The molecular formula is C17H36O10S. The molecule has 28 heavy (non-hydrogen) atoms. The lowest BCUT2D eigenvalue weighted by molar-refractivity contribution is -0.113. The van der Waals surface area contributed by atoms with E-state index in [1.54, 1.807) is 0 Å². The predicted octanol–water partition coefficient (Wildman–Crippen LogP) is -0.536. The molecule has 0 spiro atoms. The van der Waals surface area contributed by atoms with Gasteiger partial charge < -0.3 is 34.3 Å². The second-order valence-corrected chi connectivity index (χ2v) is 8.15. The van der Waals surface area contributed by atoms with Crippen LogP contribution in [0.3, 0.4) is 0 Å². The maximum absolute atomic E-state index is 10.6. The van der Waals surface area contributed by atoms with Crippen LogP contribution in [0.25, 0.3) is 0 Å². The van der Waals surface area contributed by atoms with Crippen molar-refractivity contribution in [1.29, 1.82) is 0 Å². The van der Waals surface area contributed by atoms with Crippen LogP contribution in [0.1, 0.15) is 25.7 Å². The van der Waals surface area contributed by atoms with Crippen molar-refractivity contribution >= 4 is 10.1 Å². The van der Waals surface area contributed by atoms with Crippen LogP contribution in [0.15, 0.2) is 0 Å². The van der Waals surface area contributed by atoms with Gasteiger partial charge in [-0.3, -0.25) is 4.55 Å². The van der Waals surface area contributed by atoms with Gasteiger partial charge in [-0.2, -0.15) is 8.42 Å². The lowest BCUT2D eigenvalue weighted by Crippen LogP contribution is -2.42. The van der Waals surface area contributed by atoms with Gasteiger partial charge in [0.15, 0.2) is 0 Å². The fourth-order valence-corrected chi connectivity index (χ4v) is 3.01. The second-order valence-electron chi connectivity index (χ2n) is 6.58. The first kappa shape index (κ1) is 27.6. The van der Waals surface area contributed by atoms with Crippen LogP contribution in [0.2, 0.25) is 0 Å². The van der Waals surface area contributed by atoms with Crippen molar-refractivity contribution in [3.05, 3.63) is 0 Å². The van der Waals surface area contributed by atoms with Gasteiger partial charge in [-0.15, -0.1) is 0 Å². The van der Waals surface area contributed by atoms with E-state index < -0.39 is 15.5 Å². The molecule has 0 fully saturated rings. The SMILES string of the molecule is O=S(=O)(O)CCCCCCOCC(COCCO)(COCCO)COCCO. The first-order chi connectivity index (χ1) is 13.4. The third-order valence-corrected chi connectivity index (χ3v) is 4.59. The molecule has 0 amide bonds. The molecule has 11 heteroatoms. The molecular weight excluding hydrogens is 396 g/mol. The molecule has 170 valence electrons. The quantitative estimate of drug-likeness (QED) is 0.137. The minimum Gasteiger partial charge on any atom is -0.394 e. The fraction of sp³-hybridized carbons (Fsp3) is 1.00. The summed E-state index contributed by atoms with van der Waals surface area (Å²) < 4.78 is 52.1. The Balaban J connectivity index is 4.40. The largest absolute Gasteiger partial charge is 0.394 e. The number of hydrogen-bond donors (Lipinski definition) is 4. The van der Waals surface area contributed by atoms with Crippen LogP contribution >= 0.6 is 0 Å². The summed E-state index contributed by atoms with van der Waals surface area (Å²) in [7, 11) is -3.90. The molecule has 4 N–H and O–H groups in total. The lowest BCUT2D eigenvalue weighted by atomic mass is 9.92. The van der Waals surface area contributed by atoms with Crippen molar-refractivity contribution < 1.29 is 47.2 Å². The molecule has 0 radical (unpaired) electrons. The zero-order valence-corrected chi connectivity index (χ0v) is 17.3. The van der Waals surface area contributed by atoms with E-state index in [2.05, 4.69) is 0 Å². The molecule has 0 atom stereocenters. The summed E-state index contributed by atoms with van der Waals surface area (Å²) in [6, 6.07) is 0. The maximum Gasteiger partial charge on any atom is 0.264 e. The monoisotopic (exact) mass is 432 g/mol. The van der Waals surface area contributed by atoms with Crippen molar-refractivity contribution in [2.45, 2.75) is 25.7 Å². The van der Waals surface area contributed by atoms with E-state index >= 15 is 0 Å². The number of unbranched alkanes of at least 4 members (excludes halogenated alkanes) is 3. The first-order valence-corrected chi connectivity index (χ1v) is 11.1. The molecule has 0 aromatic rings. The van der Waals surface area contributed by atoms with E-state index in [1.165, 1.54) is 0 Å². The van der Waals surface area contributed by atoms with Gasteiger partial charge >= 0.3 is 0 Å². The number of ether oxygens (including phenoxy) is 4. The zero-order valence-electron chi connectivity index (χ0n) is 16.5. The highest BCUT2D eigenvalue weighted by atomic mass is 32.2. The highest BCUT2D eigenvalue weighted by Gasteiger charge is 2.32. The minimum atomic E-state index is -3.90. The van der Waals surface area contributed by atoms with Crippen molar-refractivity contribution in [2.75, 3.05) is 78.4 Å². The number of aliphatic hydroxyl groups is 3. The van der Waals surface area contributed by atoms with Gasteiger partial charge in [-0.1, -0.05) is 12.8 Å². The second kappa shape index (κ2) is 17.5. The summed E-state index contributed by atoms with van der Waals surface area (Å²) >= 11 is 0. The molecule has 0 aromatic heterocycles. The van der Waals surface area contributed by atoms with Gasteiger partial charge in [0.1, 0.15) is 0 Å². The summed E-state index contributed by atoms with van der Waals surface area (Å²) in [4.78, 5) is 0. The summed E-state index contributed by atoms with van der Waals surface area (Å²) in [5.74, 6) is -0.233. The molecule has 10 nitrogen and oxygen atoms in total. The molecule has 0 saturated carbocycles. The maximum atomic E-state index is 10.6. The Hall–Kier alpha value is -0.370. The third-order valence-electron chi connectivity index (χ3n) is 3.78. The molecule has 0 unspecified atom stereocenters. The van der Waals surface area contributed by atoms with Crippen molar-refractivity contribution in [1.82, 2.24) is 0 Å². The summed E-state index contributed by atoms with van der Waals surface area (Å²) in [5, 5.41) is 26.8. The van der Waals surface area contributed by atoms with Crippen LogP contribution < -0.4 is 0 Å². The molecule has 0 heterocycles. The average molecular weight is 433 g/mol. The number of rotatable bonds is 21. The summed E-state index contributed by atoms with van der Waals surface area (Å²) in [5.41, 5.74) is -0.648. The number of aliphatic hydroxyl groups excluding tert-OH is 3. The van der Waals surface area contributed by atoms with Gasteiger partial charge in [0, 0.05) is 6.61 Å². The van der Waals surface area contributed by atoms with Gasteiger partial charge in [0.05, 0.1) is 77.2 Å². The Bertz CT molecular complexity index is 417. The topological polar surface area (TPSA) is 152 Å². The van der Waals surface area contributed by atoms with Crippen LogP contribution in [0.5, 0.6) is 0 Å². The van der Waals surface area contributed by atoms with E-state index in [0.29, 0.717) is 19.4 Å². The molecule has 0 aliphatic carbocycles. The van der Waals surface area contributed by atoms with E-state index in [-0.39, 0.29) is 71.8 Å². The molecule has 0 aliphatic rings. The Kier molecular flexibility index (Phi) is 17.3. The molecule has 0 saturated heterocycles. The highest BCUT2D eigenvalue weighted by molar-refractivity contribution is 7.85. The van der Waals surface area contributed by atoms with E-state index in [0.717, 1.165) is 12.8 Å². The average Bonchev–Trinajstić information content (AvgIpc) is 2.63. The summed E-state index contributed by atoms with van der Waals surface area (Å²) in [6.45, 7) is 1.52. The van der Waals surface area contributed by atoms with Gasteiger partial charge in [-0.25, -0.2) is 0 Å². The molecule has 0 bridgehead atoms. The van der Waals surface area contributed by atoms with E-state index in [1.807, 2.05) is 0 Å². The van der Waals surface area contributed by atoms with Crippen LogP contribution in [-0.2, 0) is 29.1 Å². The molecule has 0 aliphatic heterocycles. The standard InChI is InChI=1S/C17H36O10S/c18-5-9-25-14-17(15-26-10-6-19,16-27-11-7-20)13-24-8-3-1-2-4-12-28(21,22)23/h18-20H,1-16H2,(H,21,22,23). The summed E-state index contributed by atoms with van der Waals surface area (Å²) in [6.07, 6.45) is 2.58. The van der Waals surface area contributed by atoms with E-state index in [9.17, 15) is 8.42 Å². The van der Waals surface area contributed by atoms with Gasteiger partial charge in [0.25, 0.3) is 10.1 Å². The van der Waals surface area contributed by atoms with E-state index in [4.69, 9.17) is 38.8 Å². The zero-order chi connectivity index (χ0) is 21.1. The Morgan fingerprint density at radius 1 is 0.607 bits per heavy atom. The normalized spacial score (nSPS) is 12.6. The Morgan fingerprint density at radius 3 is 1.39 bits per heavy atom. The van der Waals surface area contributed by atoms with Gasteiger partial charge in [0.2, 0.25) is 0 Å². The van der Waals surface area contributed by atoms with Gasteiger partial charge in [-0.05, 0) is 12.8 Å². The number of hydrogen-bond acceptors (Lipinski definition) is 9. The third kappa shape index (κ3) is 16.6. The molecule has 0 aromatic carbocycles. The Morgan fingerprint density at radius 2 is 1.00 bits per heavy atom. The Labute approximate surface area is 167 Å². The van der Waals surface area contributed by atoms with Crippen LogP contribution in [-0.4, -0.2) is 107 Å². The van der Waals surface area contributed by atoms with Crippen LogP contribution in [0, 0.1) is 5.41 Å². The minimum absolute atomic E-state index is 0.116.